The van der Waals surface area contributed by atoms with E-state index in [9.17, 15) is 34.8 Å². The van der Waals surface area contributed by atoms with Crippen LogP contribution in [0.2, 0.25) is 0 Å². The van der Waals surface area contributed by atoms with Crippen molar-refractivity contribution < 1.29 is 44.3 Å². The number of ether oxygens (including phenoxy) is 2. The van der Waals surface area contributed by atoms with Gasteiger partial charge in [-0.1, -0.05) is 19.1 Å². The maximum Gasteiger partial charge on any atom is 0.331 e. The normalized spacial score (nSPS) is 24.0. The minimum absolute atomic E-state index is 0.0479. The van der Waals surface area contributed by atoms with Gasteiger partial charge in [-0.25, -0.2) is 9.59 Å². The van der Waals surface area contributed by atoms with Gasteiger partial charge < -0.3 is 29.9 Å². The fourth-order valence-corrected chi connectivity index (χ4v) is 4.07. The fraction of sp³-hybridized carbons (Fsp3) is 0.296. The van der Waals surface area contributed by atoms with Crippen molar-refractivity contribution in [2.24, 2.45) is 5.92 Å². The van der Waals surface area contributed by atoms with E-state index >= 15 is 0 Å². The van der Waals surface area contributed by atoms with Gasteiger partial charge in [0.2, 0.25) is 0 Å². The van der Waals surface area contributed by atoms with Crippen LogP contribution in [0.25, 0.3) is 12.2 Å². The lowest BCUT2D eigenvalue weighted by molar-refractivity contribution is -0.184. The molecule has 0 aromatic heterocycles. The van der Waals surface area contributed by atoms with Gasteiger partial charge in [0.05, 0.1) is 6.10 Å². The zero-order valence-electron chi connectivity index (χ0n) is 19.8. The lowest BCUT2D eigenvalue weighted by Crippen LogP contribution is -2.53. The molecule has 0 aliphatic heterocycles. The van der Waals surface area contributed by atoms with Crippen molar-refractivity contribution in [3.05, 3.63) is 65.2 Å². The number of carbonyl (C=O) groups excluding carboxylic acids is 3. The number of hydrogen-bond acceptors (Lipinski definition) is 9. The standard InChI is InChI=1S/C27H28O9/c1-16-11-18(3-7-20(16)29)6-10-25(33)36-27(15-28)13-17(2)26(34)23(14-27)35-24(32)9-5-19-4-8-21(30)22(31)12-19/h3-12,15,17,23,26,29-31,34H,13-14H2,1-2H3/b9-5+,10-6+/t17-,23-,26+,27-/m1/s1. The van der Waals surface area contributed by atoms with E-state index in [2.05, 4.69) is 0 Å². The van der Waals surface area contributed by atoms with Crippen LogP contribution in [0.3, 0.4) is 0 Å². The number of hydrogen-bond donors (Lipinski definition) is 4. The first-order valence-corrected chi connectivity index (χ1v) is 11.3. The van der Waals surface area contributed by atoms with Crippen LogP contribution in [0.1, 0.15) is 36.5 Å². The number of rotatable bonds is 7. The lowest BCUT2D eigenvalue weighted by atomic mass is 9.76. The lowest BCUT2D eigenvalue weighted by Gasteiger charge is -2.41. The smallest absolute Gasteiger partial charge is 0.331 e. The van der Waals surface area contributed by atoms with Crippen molar-refractivity contribution in [2.75, 3.05) is 0 Å². The molecule has 9 nitrogen and oxygen atoms in total. The quantitative estimate of drug-likeness (QED) is 0.196. The van der Waals surface area contributed by atoms with Gasteiger partial charge in [0, 0.05) is 18.6 Å². The van der Waals surface area contributed by atoms with Crippen LogP contribution >= 0.6 is 0 Å². The number of aldehydes is 1. The second kappa shape index (κ2) is 11.1. The maximum atomic E-state index is 12.5. The number of esters is 2. The predicted octanol–water partition coefficient (Wildman–Crippen LogP) is 3.02. The van der Waals surface area contributed by atoms with Crippen molar-refractivity contribution in [2.45, 2.75) is 44.5 Å². The number of aryl methyl sites for hydroxylation is 1. The van der Waals surface area contributed by atoms with Crippen LogP contribution in [0, 0.1) is 12.8 Å². The van der Waals surface area contributed by atoms with Gasteiger partial charge >= 0.3 is 11.9 Å². The number of aromatic hydroxyl groups is 3. The number of carbonyl (C=O) groups is 3. The molecule has 0 unspecified atom stereocenters. The van der Waals surface area contributed by atoms with Crippen LogP contribution in [-0.4, -0.2) is 56.5 Å². The van der Waals surface area contributed by atoms with Crippen molar-refractivity contribution in [3.8, 4) is 17.2 Å². The molecule has 4 N–H and O–H groups in total. The number of benzene rings is 2. The maximum absolute atomic E-state index is 12.5. The Labute approximate surface area is 207 Å². The van der Waals surface area contributed by atoms with E-state index in [-0.39, 0.29) is 30.1 Å². The van der Waals surface area contributed by atoms with E-state index < -0.39 is 35.7 Å². The highest BCUT2D eigenvalue weighted by atomic mass is 16.6. The Morgan fingerprint density at radius 3 is 2.14 bits per heavy atom. The highest BCUT2D eigenvalue weighted by Crippen LogP contribution is 2.36. The van der Waals surface area contributed by atoms with Gasteiger partial charge in [-0.05, 0) is 72.4 Å². The molecule has 9 heteroatoms. The number of aliphatic hydroxyl groups is 1. The minimum Gasteiger partial charge on any atom is -0.508 e. The Bertz CT molecular complexity index is 1200. The van der Waals surface area contributed by atoms with E-state index in [0.29, 0.717) is 23.0 Å². The molecule has 1 aliphatic rings. The van der Waals surface area contributed by atoms with E-state index in [1.165, 1.54) is 36.4 Å². The molecule has 1 fully saturated rings. The molecule has 1 aliphatic carbocycles. The molecule has 3 rings (SSSR count). The van der Waals surface area contributed by atoms with Gasteiger partial charge in [0.25, 0.3) is 0 Å². The summed E-state index contributed by atoms with van der Waals surface area (Å²) in [7, 11) is 0. The van der Waals surface area contributed by atoms with Gasteiger partial charge in [-0.15, -0.1) is 0 Å². The molecule has 0 heterocycles. The van der Waals surface area contributed by atoms with E-state index in [1.54, 1.807) is 26.0 Å². The zero-order chi connectivity index (χ0) is 26.5. The first-order valence-electron chi connectivity index (χ1n) is 11.3. The Balaban J connectivity index is 1.68. The third kappa shape index (κ3) is 6.51. The summed E-state index contributed by atoms with van der Waals surface area (Å²) in [5.41, 5.74) is 0.107. The Kier molecular flexibility index (Phi) is 8.16. The molecule has 2 aromatic rings. The first kappa shape index (κ1) is 26.5. The second-order valence-electron chi connectivity index (χ2n) is 8.92. The summed E-state index contributed by atoms with van der Waals surface area (Å²) in [6.45, 7) is 3.37. The van der Waals surface area contributed by atoms with Crippen LogP contribution in [0.15, 0.2) is 48.6 Å². The van der Waals surface area contributed by atoms with Gasteiger partial charge in [0.1, 0.15) is 11.9 Å². The SMILES string of the molecule is Cc1cc(/C=C/C(=O)O[C@]2(C=O)C[C@@H](C)[C@H](O)[C@H](OC(=O)/C=C/c3ccc(O)c(O)c3)C2)ccc1O. The molecular formula is C27H28O9. The molecule has 36 heavy (non-hydrogen) atoms. The molecule has 190 valence electrons. The van der Waals surface area contributed by atoms with Gasteiger partial charge in [-0.3, -0.25) is 4.79 Å². The fourth-order valence-electron chi connectivity index (χ4n) is 4.07. The third-order valence-electron chi connectivity index (χ3n) is 6.01. The summed E-state index contributed by atoms with van der Waals surface area (Å²) in [5.74, 6) is -2.64. The van der Waals surface area contributed by atoms with Crippen LogP contribution in [0.4, 0.5) is 0 Å². The summed E-state index contributed by atoms with van der Waals surface area (Å²) in [5, 5.41) is 39.1. The summed E-state index contributed by atoms with van der Waals surface area (Å²) < 4.78 is 10.8. The number of phenols is 3. The highest BCUT2D eigenvalue weighted by molar-refractivity contribution is 5.89. The molecule has 0 amide bonds. The third-order valence-corrected chi connectivity index (χ3v) is 6.01. The Morgan fingerprint density at radius 1 is 0.917 bits per heavy atom. The first-order chi connectivity index (χ1) is 17.0. The molecular weight excluding hydrogens is 468 g/mol. The second-order valence-corrected chi connectivity index (χ2v) is 8.92. The number of aliphatic hydroxyl groups excluding tert-OH is 1. The minimum atomic E-state index is -1.59. The van der Waals surface area contributed by atoms with Crippen molar-refractivity contribution in [1.29, 1.82) is 0 Å². The monoisotopic (exact) mass is 496 g/mol. The van der Waals surface area contributed by atoms with Crippen molar-refractivity contribution in [3.63, 3.8) is 0 Å². The van der Waals surface area contributed by atoms with Crippen LogP contribution in [-0.2, 0) is 23.9 Å². The summed E-state index contributed by atoms with van der Waals surface area (Å²) in [6, 6.07) is 8.77. The summed E-state index contributed by atoms with van der Waals surface area (Å²) >= 11 is 0. The largest absolute Gasteiger partial charge is 0.508 e. The summed E-state index contributed by atoms with van der Waals surface area (Å²) in [4.78, 5) is 36.9. The average Bonchev–Trinajstić information content (AvgIpc) is 2.83. The van der Waals surface area contributed by atoms with Crippen LogP contribution in [0.5, 0.6) is 17.2 Å². The van der Waals surface area contributed by atoms with Gasteiger partial charge in [-0.2, -0.15) is 0 Å². The van der Waals surface area contributed by atoms with E-state index in [4.69, 9.17) is 9.47 Å². The molecule has 4 atom stereocenters. The molecule has 1 saturated carbocycles. The topological polar surface area (TPSA) is 151 Å². The molecule has 0 radical (unpaired) electrons. The predicted molar refractivity (Wildman–Crippen MR) is 130 cm³/mol. The molecule has 2 aromatic carbocycles. The van der Waals surface area contributed by atoms with Crippen molar-refractivity contribution in [1.82, 2.24) is 0 Å². The van der Waals surface area contributed by atoms with E-state index in [1.807, 2.05) is 0 Å². The highest BCUT2D eigenvalue weighted by Gasteiger charge is 2.48. The molecule has 0 spiro atoms. The number of phenolic OH excluding ortho intramolecular Hbond substituents is 3. The molecule has 0 bridgehead atoms. The Morgan fingerprint density at radius 2 is 1.53 bits per heavy atom. The summed E-state index contributed by atoms with van der Waals surface area (Å²) in [6.07, 6.45) is 3.19. The average molecular weight is 497 g/mol. The van der Waals surface area contributed by atoms with Crippen molar-refractivity contribution >= 4 is 30.4 Å². The van der Waals surface area contributed by atoms with Gasteiger partial charge in [0.15, 0.2) is 23.4 Å². The Hall–Kier alpha value is -4.11. The molecule has 0 saturated heterocycles. The van der Waals surface area contributed by atoms with E-state index in [0.717, 1.165) is 12.2 Å². The zero-order valence-corrected chi connectivity index (χ0v) is 19.8. The van der Waals surface area contributed by atoms with Crippen LogP contribution < -0.4 is 0 Å².